The predicted molar refractivity (Wildman–Crippen MR) is 54.2 cm³/mol. The molecule has 2 aromatic rings. The lowest BCUT2D eigenvalue weighted by atomic mass is 10.2. The first kappa shape index (κ1) is 8.32. The second-order valence-corrected chi connectivity index (χ2v) is 3.34. The van der Waals surface area contributed by atoms with E-state index < -0.39 is 0 Å². The molecule has 0 fully saturated rings. The fraction of sp³-hybridized carbons (Fsp3) is 0.100. The Morgan fingerprint density at radius 2 is 2.00 bits per heavy atom. The number of para-hydroxylation sites is 1. The van der Waals surface area contributed by atoms with Gasteiger partial charge in [-0.1, -0.05) is 23.7 Å². The zero-order valence-electron chi connectivity index (χ0n) is 7.12. The highest BCUT2D eigenvalue weighted by molar-refractivity contribution is 6.31. The van der Waals surface area contributed by atoms with Gasteiger partial charge in [0.25, 0.3) is 0 Å². The van der Waals surface area contributed by atoms with Crippen molar-refractivity contribution in [2.75, 3.05) is 0 Å². The van der Waals surface area contributed by atoms with Crippen molar-refractivity contribution in [3.8, 4) is 0 Å². The third kappa shape index (κ3) is 1.23. The van der Waals surface area contributed by atoms with Gasteiger partial charge >= 0.3 is 0 Å². The van der Waals surface area contributed by atoms with Gasteiger partial charge in [-0.3, -0.25) is 4.79 Å². The fourth-order valence-electron chi connectivity index (χ4n) is 1.40. The summed E-state index contributed by atoms with van der Waals surface area (Å²) in [5.41, 5.74) is 0.798. The molecule has 2 rings (SSSR count). The number of fused-ring (bicyclic) bond motifs is 1. The molecule has 1 aromatic carbocycles. The van der Waals surface area contributed by atoms with Crippen LogP contribution in [0.15, 0.2) is 35.3 Å². The molecule has 0 radical (unpaired) electrons. The van der Waals surface area contributed by atoms with Gasteiger partial charge in [-0.15, -0.1) is 0 Å². The number of nitrogens with zero attached hydrogens (tertiary/aromatic N) is 1. The molecule has 0 N–H and O–H groups in total. The Hall–Kier alpha value is -1.28. The van der Waals surface area contributed by atoms with Crippen LogP contribution in [0.1, 0.15) is 0 Å². The summed E-state index contributed by atoms with van der Waals surface area (Å²) in [6.07, 6.45) is 1.63. The summed E-state index contributed by atoms with van der Waals surface area (Å²) in [6, 6.07) is 7.41. The van der Waals surface area contributed by atoms with E-state index in [9.17, 15) is 4.79 Å². The van der Waals surface area contributed by atoms with Gasteiger partial charge in [0, 0.05) is 18.6 Å². The van der Waals surface area contributed by atoms with E-state index in [1.807, 2.05) is 29.8 Å². The molecule has 66 valence electrons. The number of aryl methyl sites for hydroxylation is 1. The minimum atomic E-state index is -0.102. The van der Waals surface area contributed by atoms with Gasteiger partial charge in [-0.25, -0.2) is 0 Å². The van der Waals surface area contributed by atoms with Crippen LogP contribution in [0.5, 0.6) is 0 Å². The topological polar surface area (TPSA) is 22.0 Å². The zero-order chi connectivity index (χ0) is 9.42. The Kier molecular flexibility index (Phi) is 1.85. The van der Waals surface area contributed by atoms with E-state index in [2.05, 4.69) is 0 Å². The maximum Gasteiger partial charge on any atom is 0.207 e. The maximum atomic E-state index is 11.5. The molecule has 2 nitrogen and oxygen atoms in total. The van der Waals surface area contributed by atoms with E-state index in [-0.39, 0.29) is 10.5 Å². The minimum Gasteiger partial charge on any atom is -0.349 e. The Labute approximate surface area is 80.4 Å². The van der Waals surface area contributed by atoms with Crippen molar-refractivity contribution in [1.82, 2.24) is 4.57 Å². The summed E-state index contributed by atoms with van der Waals surface area (Å²) >= 11 is 5.76. The van der Waals surface area contributed by atoms with Crippen molar-refractivity contribution in [3.63, 3.8) is 0 Å². The average Bonchev–Trinajstić information content (AvgIpc) is 2.15. The molecule has 0 atom stereocenters. The predicted octanol–water partition coefficient (Wildman–Crippen LogP) is 2.19. The van der Waals surface area contributed by atoms with Gasteiger partial charge in [0.1, 0.15) is 5.02 Å². The third-order valence-electron chi connectivity index (χ3n) is 2.05. The maximum absolute atomic E-state index is 11.5. The highest BCUT2D eigenvalue weighted by atomic mass is 35.5. The monoisotopic (exact) mass is 193 g/mol. The van der Waals surface area contributed by atoms with Crippen molar-refractivity contribution in [2.24, 2.45) is 7.05 Å². The van der Waals surface area contributed by atoms with E-state index in [1.54, 1.807) is 12.3 Å². The second kappa shape index (κ2) is 2.89. The average molecular weight is 194 g/mol. The summed E-state index contributed by atoms with van der Waals surface area (Å²) in [4.78, 5) is 11.5. The molecule has 1 aromatic heterocycles. The number of hydrogen-bond donors (Lipinski definition) is 0. The largest absolute Gasteiger partial charge is 0.349 e. The number of pyridine rings is 1. The van der Waals surface area contributed by atoms with Gasteiger partial charge in [0.2, 0.25) is 5.43 Å². The molecule has 0 aliphatic heterocycles. The second-order valence-electron chi connectivity index (χ2n) is 2.93. The first-order chi connectivity index (χ1) is 6.20. The molecule has 13 heavy (non-hydrogen) atoms. The first-order valence-corrected chi connectivity index (χ1v) is 4.32. The molecule has 0 spiro atoms. The third-order valence-corrected chi connectivity index (χ3v) is 2.32. The van der Waals surface area contributed by atoms with Gasteiger partial charge in [0.15, 0.2) is 0 Å². The highest BCUT2D eigenvalue weighted by Gasteiger charge is 2.03. The smallest absolute Gasteiger partial charge is 0.207 e. The molecule has 3 heteroatoms. The van der Waals surface area contributed by atoms with Crippen LogP contribution in [-0.4, -0.2) is 4.57 Å². The lowest BCUT2D eigenvalue weighted by Gasteiger charge is -2.04. The van der Waals surface area contributed by atoms with Crippen LogP contribution >= 0.6 is 11.6 Å². The summed E-state index contributed by atoms with van der Waals surface area (Å²) < 4.78 is 1.85. The van der Waals surface area contributed by atoms with Crippen LogP contribution in [0.2, 0.25) is 5.02 Å². The molecule has 1 heterocycles. The van der Waals surface area contributed by atoms with Crippen LogP contribution in [0.25, 0.3) is 10.9 Å². The summed E-state index contributed by atoms with van der Waals surface area (Å²) in [7, 11) is 1.87. The molecule has 0 unspecified atom stereocenters. The zero-order valence-corrected chi connectivity index (χ0v) is 7.88. The number of rotatable bonds is 0. The van der Waals surface area contributed by atoms with Crippen LogP contribution < -0.4 is 5.43 Å². The molecule has 0 aliphatic rings. The van der Waals surface area contributed by atoms with Crippen molar-refractivity contribution in [3.05, 3.63) is 45.7 Å². The molecular formula is C10H8ClNO. The van der Waals surface area contributed by atoms with Crippen LogP contribution in [0.4, 0.5) is 0 Å². The lowest BCUT2D eigenvalue weighted by molar-refractivity contribution is 0.951. The standard InChI is InChI=1S/C10H8ClNO/c1-12-6-8(11)10(13)7-4-2-3-5-9(7)12/h2-6H,1H3. The molecule has 0 amide bonds. The van der Waals surface area contributed by atoms with E-state index in [0.717, 1.165) is 5.52 Å². The lowest BCUT2D eigenvalue weighted by Crippen LogP contribution is -2.06. The number of benzene rings is 1. The van der Waals surface area contributed by atoms with Gasteiger partial charge in [-0.05, 0) is 12.1 Å². The van der Waals surface area contributed by atoms with Crippen molar-refractivity contribution < 1.29 is 0 Å². The van der Waals surface area contributed by atoms with E-state index in [0.29, 0.717) is 5.39 Å². The minimum absolute atomic E-state index is 0.102. The molecule has 0 saturated heterocycles. The number of aromatic nitrogens is 1. The molecule has 0 aliphatic carbocycles. The van der Waals surface area contributed by atoms with Crippen molar-refractivity contribution in [2.45, 2.75) is 0 Å². The number of hydrogen-bond acceptors (Lipinski definition) is 1. The summed E-state index contributed by atoms with van der Waals surface area (Å²) in [5.74, 6) is 0. The Morgan fingerprint density at radius 1 is 1.31 bits per heavy atom. The molecule has 0 bridgehead atoms. The highest BCUT2D eigenvalue weighted by Crippen LogP contribution is 2.12. The first-order valence-electron chi connectivity index (χ1n) is 3.94. The Morgan fingerprint density at radius 3 is 2.77 bits per heavy atom. The van der Waals surface area contributed by atoms with Gasteiger partial charge in [-0.2, -0.15) is 0 Å². The van der Waals surface area contributed by atoms with Crippen molar-refractivity contribution in [1.29, 1.82) is 0 Å². The van der Waals surface area contributed by atoms with E-state index in [1.165, 1.54) is 0 Å². The normalized spacial score (nSPS) is 10.6. The van der Waals surface area contributed by atoms with E-state index in [4.69, 9.17) is 11.6 Å². The molecular weight excluding hydrogens is 186 g/mol. The van der Waals surface area contributed by atoms with Gasteiger partial charge in [0.05, 0.1) is 5.52 Å². The fourth-order valence-corrected chi connectivity index (χ4v) is 1.65. The van der Waals surface area contributed by atoms with Gasteiger partial charge < -0.3 is 4.57 Å². The number of halogens is 1. The van der Waals surface area contributed by atoms with Crippen molar-refractivity contribution >= 4 is 22.5 Å². The quantitative estimate of drug-likeness (QED) is 0.629. The summed E-state index contributed by atoms with van der Waals surface area (Å²) in [6.45, 7) is 0. The Balaban J connectivity index is 3.06. The summed E-state index contributed by atoms with van der Waals surface area (Å²) in [5, 5.41) is 0.929. The van der Waals surface area contributed by atoms with E-state index >= 15 is 0 Å². The molecule has 0 saturated carbocycles. The van der Waals surface area contributed by atoms with Crippen LogP contribution in [0.3, 0.4) is 0 Å². The Bertz CT molecular complexity index is 516. The van der Waals surface area contributed by atoms with Crippen LogP contribution in [-0.2, 0) is 7.05 Å². The van der Waals surface area contributed by atoms with Crippen LogP contribution in [0, 0.1) is 0 Å². The SMILES string of the molecule is Cn1cc(Cl)c(=O)c2ccccc21.